The van der Waals surface area contributed by atoms with Crippen molar-refractivity contribution in [3.05, 3.63) is 28.2 Å². The molecule has 1 rings (SSSR count). The predicted octanol–water partition coefficient (Wildman–Crippen LogP) is 2.88. The summed E-state index contributed by atoms with van der Waals surface area (Å²) >= 11 is 2.99. The highest BCUT2D eigenvalue weighted by Crippen LogP contribution is 2.39. The van der Waals surface area contributed by atoms with Gasteiger partial charge < -0.3 is 5.11 Å². The lowest BCUT2D eigenvalue weighted by Crippen LogP contribution is -2.59. The molecule has 0 amide bonds. The topological polar surface area (TPSA) is 62.2 Å². The second-order valence-electron chi connectivity index (χ2n) is 5.94. The van der Waals surface area contributed by atoms with Gasteiger partial charge in [0.15, 0.2) is 0 Å². The van der Waals surface area contributed by atoms with Crippen molar-refractivity contribution in [2.45, 2.75) is 43.9 Å². The van der Waals surface area contributed by atoms with Crippen LogP contribution in [0.25, 0.3) is 0 Å². The zero-order chi connectivity index (χ0) is 17.3. The van der Waals surface area contributed by atoms with Gasteiger partial charge in [0.25, 0.3) is 5.92 Å². The van der Waals surface area contributed by atoms with E-state index in [1.165, 1.54) is 6.07 Å². The highest BCUT2D eigenvalue weighted by atomic mass is 79.9. The Morgan fingerprint density at radius 2 is 1.86 bits per heavy atom. The first-order valence-electron chi connectivity index (χ1n) is 6.36. The smallest absolute Gasteiger partial charge is 0.294 e. The van der Waals surface area contributed by atoms with Crippen LogP contribution < -0.4 is 4.72 Å². The minimum atomic E-state index is -3.79. The molecule has 1 aromatic rings. The van der Waals surface area contributed by atoms with Crippen LogP contribution in [0.1, 0.15) is 33.4 Å². The SMILES string of the molecule is CC(C)(C)S(=O)N[C@](C)(c1nc(Br)ccc1F)C(F)(F)CO. The summed E-state index contributed by atoms with van der Waals surface area (Å²) < 4.78 is 56.4. The molecule has 0 aliphatic rings. The number of aliphatic hydroxyl groups is 1. The molecular weight excluding hydrogens is 385 g/mol. The number of aliphatic hydroxyl groups excluding tert-OH is 1. The normalized spacial score (nSPS) is 17.1. The van der Waals surface area contributed by atoms with Crippen molar-refractivity contribution < 1.29 is 22.5 Å². The first-order valence-corrected chi connectivity index (χ1v) is 8.30. The summed E-state index contributed by atoms with van der Waals surface area (Å²) in [7, 11) is -1.93. The van der Waals surface area contributed by atoms with E-state index < -0.39 is 45.3 Å². The van der Waals surface area contributed by atoms with Crippen LogP contribution in [0, 0.1) is 5.82 Å². The van der Waals surface area contributed by atoms with Gasteiger partial charge in [0.2, 0.25) is 0 Å². The van der Waals surface area contributed by atoms with Crippen molar-refractivity contribution in [1.29, 1.82) is 0 Å². The van der Waals surface area contributed by atoms with Gasteiger partial charge in [-0.2, -0.15) is 0 Å². The van der Waals surface area contributed by atoms with E-state index >= 15 is 0 Å². The van der Waals surface area contributed by atoms with Gasteiger partial charge in [-0.05, 0) is 55.8 Å². The highest BCUT2D eigenvalue weighted by molar-refractivity contribution is 9.10. The second-order valence-corrected chi connectivity index (χ2v) is 8.71. The van der Waals surface area contributed by atoms with Crippen molar-refractivity contribution in [3.63, 3.8) is 0 Å². The Morgan fingerprint density at radius 1 is 1.32 bits per heavy atom. The molecule has 4 nitrogen and oxygen atoms in total. The van der Waals surface area contributed by atoms with E-state index in [0.717, 1.165) is 13.0 Å². The molecule has 1 heterocycles. The lowest BCUT2D eigenvalue weighted by Gasteiger charge is -2.38. The summed E-state index contributed by atoms with van der Waals surface area (Å²) in [4.78, 5) is 3.75. The Hall–Kier alpha value is -0.510. The number of hydrogen-bond acceptors (Lipinski definition) is 3. The lowest BCUT2D eigenvalue weighted by molar-refractivity contribution is -0.116. The van der Waals surface area contributed by atoms with Gasteiger partial charge in [-0.3, -0.25) is 0 Å². The van der Waals surface area contributed by atoms with Crippen LogP contribution in [0.3, 0.4) is 0 Å². The molecule has 0 aliphatic heterocycles. The largest absolute Gasteiger partial charge is 0.390 e. The number of aromatic nitrogens is 1. The molecule has 22 heavy (non-hydrogen) atoms. The molecule has 0 radical (unpaired) electrons. The molecule has 2 atom stereocenters. The van der Waals surface area contributed by atoms with Gasteiger partial charge in [-0.15, -0.1) is 0 Å². The second kappa shape index (κ2) is 6.54. The van der Waals surface area contributed by atoms with E-state index in [0.29, 0.717) is 0 Å². The summed E-state index contributed by atoms with van der Waals surface area (Å²) in [6.07, 6.45) is 0. The molecule has 0 fully saturated rings. The van der Waals surface area contributed by atoms with Crippen molar-refractivity contribution in [2.24, 2.45) is 0 Å². The number of nitrogens with one attached hydrogen (secondary N) is 1. The number of pyridine rings is 1. The van der Waals surface area contributed by atoms with E-state index in [1.54, 1.807) is 20.8 Å². The van der Waals surface area contributed by atoms with Crippen LogP contribution in [0.15, 0.2) is 16.7 Å². The molecule has 0 saturated carbocycles. The Morgan fingerprint density at radius 3 is 2.32 bits per heavy atom. The standard InChI is InChI=1S/C13H18BrF3N2O2S/c1-11(2,3)22(21)19-12(4,13(16,17)7-20)10-8(15)5-6-9(14)18-10/h5-6,19-20H,7H2,1-4H3/t12-,22?/m1/s1. The van der Waals surface area contributed by atoms with E-state index in [2.05, 4.69) is 25.6 Å². The monoisotopic (exact) mass is 402 g/mol. The van der Waals surface area contributed by atoms with Crippen LogP contribution in [-0.2, 0) is 16.5 Å². The summed E-state index contributed by atoms with van der Waals surface area (Å²) in [5.41, 5.74) is -3.08. The molecule has 126 valence electrons. The molecule has 0 saturated heterocycles. The number of alkyl halides is 2. The molecule has 9 heteroatoms. The third kappa shape index (κ3) is 3.87. The predicted molar refractivity (Wildman–Crippen MR) is 82.3 cm³/mol. The third-order valence-corrected chi connectivity index (χ3v) is 5.22. The van der Waals surface area contributed by atoms with Crippen LogP contribution >= 0.6 is 15.9 Å². The Labute approximate surface area is 138 Å². The fourth-order valence-electron chi connectivity index (χ4n) is 1.56. The summed E-state index contributed by atoms with van der Waals surface area (Å²) in [6, 6.07) is 2.23. The van der Waals surface area contributed by atoms with Gasteiger partial charge in [0.1, 0.15) is 28.3 Å². The number of rotatable bonds is 5. The van der Waals surface area contributed by atoms with Crippen LogP contribution in [0.5, 0.6) is 0 Å². The van der Waals surface area contributed by atoms with Crippen molar-refractivity contribution >= 4 is 26.9 Å². The molecule has 1 aromatic heterocycles. The van der Waals surface area contributed by atoms with Gasteiger partial charge in [-0.1, -0.05) is 0 Å². The lowest BCUT2D eigenvalue weighted by atomic mass is 9.90. The fourth-order valence-corrected chi connectivity index (χ4v) is 2.79. The summed E-state index contributed by atoms with van der Waals surface area (Å²) in [5, 5.41) is 9.02. The molecule has 0 aromatic carbocycles. The molecule has 0 aliphatic carbocycles. The van der Waals surface area contributed by atoms with E-state index in [9.17, 15) is 17.4 Å². The van der Waals surface area contributed by atoms with Gasteiger partial charge in [-0.25, -0.2) is 27.1 Å². The van der Waals surface area contributed by atoms with Crippen LogP contribution in [0.2, 0.25) is 0 Å². The Balaban J connectivity index is 3.48. The van der Waals surface area contributed by atoms with Gasteiger partial charge in [0, 0.05) is 0 Å². The maximum absolute atomic E-state index is 14.3. The number of nitrogens with zero attached hydrogens (tertiary/aromatic N) is 1. The minimum absolute atomic E-state index is 0.146. The summed E-state index contributed by atoms with van der Waals surface area (Å²) in [5.74, 6) is -4.78. The van der Waals surface area contributed by atoms with Crippen LogP contribution in [-0.4, -0.2) is 31.6 Å². The average Bonchev–Trinajstić information content (AvgIpc) is 2.39. The van der Waals surface area contributed by atoms with E-state index in [-0.39, 0.29) is 4.60 Å². The third-order valence-electron chi connectivity index (χ3n) is 3.07. The molecular formula is C13H18BrF3N2O2S. The first-order chi connectivity index (χ1) is 9.85. The zero-order valence-corrected chi connectivity index (χ0v) is 15.0. The molecule has 1 unspecified atom stereocenters. The number of halogens is 4. The molecule has 2 N–H and O–H groups in total. The van der Waals surface area contributed by atoms with E-state index in [1.807, 2.05) is 0 Å². The average molecular weight is 403 g/mol. The van der Waals surface area contributed by atoms with Crippen LogP contribution in [0.4, 0.5) is 13.2 Å². The van der Waals surface area contributed by atoms with Gasteiger partial charge in [0.05, 0.1) is 15.7 Å². The maximum atomic E-state index is 14.3. The van der Waals surface area contributed by atoms with E-state index in [4.69, 9.17) is 5.11 Å². The number of hydrogen-bond donors (Lipinski definition) is 2. The Kier molecular flexibility index (Phi) is 5.81. The fraction of sp³-hybridized carbons (Fsp3) is 0.615. The maximum Gasteiger partial charge on any atom is 0.294 e. The summed E-state index contributed by atoms with van der Waals surface area (Å²) in [6.45, 7) is 4.16. The highest BCUT2D eigenvalue weighted by Gasteiger charge is 2.55. The molecule has 0 bridgehead atoms. The Bertz CT molecular complexity index is 581. The zero-order valence-electron chi connectivity index (χ0n) is 12.6. The van der Waals surface area contributed by atoms with Crippen molar-refractivity contribution in [2.75, 3.05) is 6.61 Å². The quantitative estimate of drug-likeness (QED) is 0.744. The first kappa shape index (κ1) is 19.5. The molecule has 0 spiro atoms. The van der Waals surface area contributed by atoms with Gasteiger partial charge >= 0.3 is 0 Å². The van der Waals surface area contributed by atoms with Crippen molar-refractivity contribution in [3.8, 4) is 0 Å². The minimum Gasteiger partial charge on any atom is -0.390 e. The van der Waals surface area contributed by atoms with Crippen molar-refractivity contribution in [1.82, 2.24) is 9.71 Å².